The first-order chi connectivity index (χ1) is 11.6. The largest absolute Gasteiger partial charge is 0.505 e. The molecule has 2 heterocycles. The fraction of sp³-hybridized carbons (Fsp3) is 0.368. The van der Waals surface area contributed by atoms with Crippen LogP contribution in [-0.2, 0) is 6.42 Å². The van der Waals surface area contributed by atoms with Gasteiger partial charge in [-0.25, -0.2) is 9.37 Å². The van der Waals surface area contributed by atoms with Gasteiger partial charge >= 0.3 is 0 Å². The summed E-state index contributed by atoms with van der Waals surface area (Å²) >= 11 is 0. The molecule has 1 aliphatic rings. The zero-order valence-electron chi connectivity index (χ0n) is 13.5. The van der Waals surface area contributed by atoms with Crippen LogP contribution in [0.5, 0.6) is 5.75 Å². The van der Waals surface area contributed by atoms with Crippen molar-refractivity contribution >= 4 is 5.91 Å². The predicted octanol–water partition coefficient (Wildman–Crippen LogP) is 3.41. The zero-order valence-corrected chi connectivity index (χ0v) is 13.5. The quantitative estimate of drug-likeness (QED) is 0.936. The number of piperidine rings is 1. The number of amides is 1. The molecule has 0 aliphatic carbocycles. The summed E-state index contributed by atoms with van der Waals surface area (Å²) in [7, 11) is 0. The van der Waals surface area contributed by atoms with Crippen LogP contribution in [0.2, 0.25) is 0 Å². The lowest BCUT2D eigenvalue weighted by Gasteiger charge is -2.32. The van der Waals surface area contributed by atoms with E-state index in [2.05, 4.69) is 4.98 Å². The van der Waals surface area contributed by atoms with E-state index in [0.717, 1.165) is 31.2 Å². The van der Waals surface area contributed by atoms with Gasteiger partial charge in [-0.15, -0.1) is 0 Å². The number of rotatable bonds is 4. The Balaban J connectivity index is 1.59. The summed E-state index contributed by atoms with van der Waals surface area (Å²) in [4.78, 5) is 18.3. The van der Waals surface area contributed by atoms with Crippen molar-refractivity contribution in [2.24, 2.45) is 5.92 Å². The van der Waals surface area contributed by atoms with Gasteiger partial charge in [-0.05, 0) is 61.4 Å². The Morgan fingerprint density at radius 3 is 2.83 bits per heavy atom. The first-order valence-electron chi connectivity index (χ1n) is 8.31. The zero-order chi connectivity index (χ0) is 16.9. The van der Waals surface area contributed by atoms with Gasteiger partial charge in [0, 0.05) is 19.3 Å². The number of likely N-dealkylation sites (tertiary alicyclic amines) is 1. The van der Waals surface area contributed by atoms with Gasteiger partial charge in [-0.3, -0.25) is 4.79 Å². The van der Waals surface area contributed by atoms with Crippen LogP contribution < -0.4 is 0 Å². The van der Waals surface area contributed by atoms with E-state index in [1.165, 1.54) is 24.4 Å². The van der Waals surface area contributed by atoms with E-state index in [1.54, 1.807) is 11.0 Å². The molecule has 1 aromatic carbocycles. The molecule has 1 saturated heterocycles. The predicted molar refractivity (Wildman–Crippen MR) is 89.3 cm³/mol. The highest BCUT2D eigenvalue weighted by Crippen LogP contribution is 2.24. The number of aryl methyl sites for hydroxylation is 1. The molecule has 0 spiro atoms. The Kier molecular flexibility index (Phi) is 5.08. The Hall–Kier alpha value is -2.43. The average Bonchev–Trinajstić information content (AvgIpc) is 2.61. The summed E-state index contributed by atoms with van der Waals surface area (Å²) in [5.41, 5.74) is 1.24. The molecule has 1 amide bonds. The molecule has 1 atom stereocenters. The fourth-order valence-electron chi connectivity index (χ4n) is 3.22. The average molecular weight is 328 g/mol. The number of benzene rings is 1. The van der Waals surface area contributed by atoms with Gasteiger partial charge in [-0.2, -0.15) is 0 Å². The summed E-state index contributed by atoms with van der Waals surface area (Å²) in [6, 6.07) is 9.68. The Morgan fingerprint density at radius 1 is 1.29 bits per heavy atom. The van der Waals surface area contributed by atoms with Crippen molar-refractivity contribution in [1.82, 2.24) is 9.88 Å². The summed E-state index contributed by atoms with van der Waals surface area (Å²) in [6.45, 7) is 1.37. The van der Waals surface area contributed by atoms with E-state index in [9.17, 15) is 14.3 Å². The van der Waals surface area contributed by atoms with Crippen molar-refractivity contribution in [3.05, 3.63) is 59.7 Å². The van der Waals surface area contributed by atoms with Gasteiger partial charge in [0.1, 0.15) is 11.6 Å². The molecule has 1 N–H and O–H groups in total. The van der Waals surface area contributed by atoms with Crippen molar-refractivity contribution in [2.75, 3.05) is 13.1 Å². The van der Waals surface area contributed by atoms with Gasteiger partial charge in [0.2, 0.25) is 0 Å². The van der Waals surface area contributed by atoms with E-state index < -0.39 is 0 Å². The van der Waals surface area contributed by atoms with Crippen LogP contribution in [-0.4, -0.2) is 34.0 Å². The van der Waals surface area contributed by atoms with E-state index in [-0.39, 0.29) is 23.2 Å². The number of pyridine rings is 1. The summed E-state index contributed by atoms with van der Waals surface area (Å²) in [6.07, 6.45) is 5.39. The maximum atomic E-state index is 12.9. The smallest absolute Gasteiger partial charge is 0.276 e. The molecule has 126 valence electrons. The van der Waals surface area contributed by atoms with E-state index >= 15 is 0 Å². The van der Waals surface area contributed by atoms with Crippen molar-refractivity contribution in [3.8, 4) is 5.75 Å². The number of carbonyl (C=O) groups is 1. The number of nitrogens with zero attached hydrogens (tertiary/aromatic N) is 2. The lowest BCUT2D eigenvalue weighted by molar-refractivity contribution is 0.0659. The summed E-state index contributed by atoms with van der Waals surface area (Å²) in [5, 5.41) is 9.81. The Morgan fingerprint density at radius 2 is 2.08 bits per heavy atom. The summed E-state index contributed by atoms with van der Waals surface area (Å²) < 4.78 is 12.9. The van der Waals surface area contributed by atoms with E-state index in [1.807, 2.05) is 12.1 Å². The second kappa shape index (κ2) is 7.43. The van der Waals surface area contributed by atoms with Crippen LogP contribution >= 0.6 is 0 Å². The van der Waals surface area contributed by atoms with Crippen LogP contribution in [0.25, 0.3) is 0 Å². The van der Waals surface area contributed by atoms with E-state index in [0.29, 0.717) is 19.0 Å². The van der Waals surface area contributed by atoms with Crippen molar-refractivity contribution in [1.29, 1.82) is 0 Å². The second-order valence-electron chi connectivity index (χ2n) is 6.30. The van der Waals surface area contributed by atoms with Gasteiger partial charge in [-0.1, -0.05) is 12.1 Å². The maximum Gasteiger partial charge on any atom is 0.276 e. The van der Waals surface area contributed by atoms with Gasteiger partial charge < -0.3 is 10.0 Å². The van der Waals surface area contributed by atoms with E-state index in [4.69, 9.17) is 0 Å². The maximum absolute atomic E-state index is 12.9. The first kappa shape index (κ1) is 16.4. The van der Waals surface area contributed by atoms with Crippen LogP contribution in [0, 0.1) is 11.7 Å². The monoisotopic (exact) mass is 328 g/mol. The molecule has 24 heavy (non-hydrogen) atoms. The normalized spacial score (nSPS) is 17.7. The third kappa shape index (κ3) is 3.91. The number of halogens is 1. The van der Waals surface area contributed by atoms with Crippen LogP contribution in [0.3, 0.4) is 0 Å². The Bertz CT molecular complexity index is 703. The molecular formula is C19H21FN2O2. The minimum absolute atomic E-state index is 0.0732. The molecule has 2 aromatic rings. The fourth-order valence-corrected chi connectivity index (χ4v) is 3.22. The highest BCUT2D eigenvalue weighted by Gasteiger charge is 2.26. The first-order valence-corrected chi connectivity index (χ1v) is 8.31. The third-order valence-electron chi connectivity index (χ3n) is 4.55. The van der Waals surface area contributed by atoms with Crippen LogP contribution in [0.4, 0.5) is 4.39 Å². The molecule has 4 nitrogen and oxygen atoms in total. The minimum atomic E-state index is -0.219. The molecule has 5 heteroatoms. The second-order valence-corrected chi connectivity index (χ2v) is 6.30. The molecule has 3 rings (SSSR count). The van der Waals surface area contributed by atoms with Gasteiger partial charge in [0.15, 0.2) is 5.69 Å². The van der Waals surface area contributed by atoms with Crippen molar-refractivity contribution in [2.45, 2.75) is 25.7 Å². The number of aromatic nitrogens is 1. The molecule has 0 bridgehead atoms. The molecule has 1 aliphatic heterocycles. The van der Waals surface area contributed by atoms with Crippen LogP contribution in [0.15, 0.2) is 42.6 Å². The molecule has 0 radical (unpaired) electrons. The third-order valence-corrected chi connectivity index (χ3v) is 4.55. The standard InChI is InChI=1S/C19H21FN2O2/c20-16-9-7-14(8-10-16)5-6-15-3-2-12-22(13-15)19(24)18-17(23)4-1-11-21-18/h1,4,7-11,15,23H,2-3,5-6,12-13H2/t15-/m1/s1. The molecule has 0 saturated carbocycles. The topological polar surface area (TPSA) is 53.4 Å². The summed E-state index contributed by atoms with van der Waals surface area (Å²) in [5.74, 6) is -0.0857. The number of hydrogen-bond donors (Lipinski definition) is 1. The Labute approximate surface area is 141 Å². The number of aromatic hydroxyl groups is 1. The SMILES string of the molecule is O=C(c1ncccc1O)N1CCC[C@H](CCc2ccc(F)cc2)C1. The van der Waals surface area contributed by atoms with Gasteiger partial charge in [0.05, 0.1) is 0 Å². The number of carbonyl (C=O) groups excluding carboxylic acids is 1. The molecule has 0 unspecified atom stereocenters. The lowest BCUT2D eigenvalue weighted by atomic mass is 9.91. The highest BCUT2D eigenvalue weighted by molar-refractivity contribution is 5.94. The number of hydrogen-bond acceptors (Lipinski definition) is 3. The van der Waals surface area contributed by atoms with Crippen molar-refractivity contribution in [3.63, 3.8) is 0 Å². The molecule has 1 aromatic heterocycles. The molecular weight excluding hydrogens is 307 g/mol. The molecule has 1 fully saturated rings. The lowest BCUT2D eigenvalue weighted by Crippen LogP contribution is -2.40. The van der Waals surface area contributed by atoms with Crippen molar-refractivity contribution < 1.29 is 14.3 Å². The minimum Gasteiger partial charge on any atom is -0.505 e. The van der Waals surface area contributed by atoms with Crippen LogP contribution in [0.1, 0.15) is 35.3 Å². The van der Waals surface area contributed by atoms with Gasteiger partial charge in [0.25, 0.3) is 5.91 Å². The highest BCUT2D eigenvalue weighted by atomic mass is 19.1.